The van der Waals surface area contributed by atoms with E-state index in [2.05, 4.69) is 26.2 Å². The van der Waals surface area contributed by atoms with E-state index in [1.165, 1.54) is 0 Å². The minimum atomic E-state index is -0.839. The predicted molar refractivity (Wildman–Crippen MR) is 119 cm³/mol. The van der Waals surface area contributed by atoms with Gasteiger partial charge in [0, 0.05) is 30.0 Å². The summed E-state index contributed by atoms with van der Waals surface area (Å²) in [7, 11) is 1.85. The van der Waals surface area contributed by atoms with Crippen molar-refractivity contribution in [2.45, 2.75) is 19.4 Å². The van der Waals surface area contributed by atoms with Crippen LogP contribution in [0, 0.1) is 11.3 Å². The summed E-state index contributed by atoms with van der Waals surface area (Å²) in [6.45, 7) is 3.81. The van der Waals surface area contributed by atoms with Crippen molar-refractivity contribution in [1.29, 1.82) is 5.26 Å². The second-order valence-electron chi connectivity index (χ2n) is 7.40. The molecule has 9 heteroatoms. The summed E-state index contributed by atoms with van der Waals surface area (Å²) in [6, 6.07) is 12.5. The van der Waals surface area contributed by atoms with Crippen molar-refractivity contribution >= 4 is 23.2 Å². The zero-order valence-corrected chi connectivity index (χ0v) is 18.5. The van der Waals surface area contributed by atoms with Gasteiger partial charge in [-0.2, -0.15) is 5.26 Å². The van der Waals surface area contributed by atoms with Gasteiger partial charge in [0.25, 0.3) is 0 Å². The number of rotatable bonds is 5. The Morgan fingerprint density at radius 3 is 2.58 bits per heavy atom. The van der Waals surface area contributed by atoms with Crippen LogP contribution in [0.2, 0.25) is 10.0 Å². The number of ether oxygens (including phenoxy) is 1. The number of benzene rings is 2. The molecule has 2 heterocycles. The van der Waals surface area contributed by atoms with Gasteiger partial charge < -0.3 is 14.3 Å². The number of H-pyrrole nitrogens is 1. The van der Waals surface area contributed by atoms with E-state index in [4.69, 9.17) is 33.2 Å². The first-order valence-corrected chi connectivity index (χ1v) is 10.1. The van der Waals surface area contributed by atoms with E-state index in [-0.39, 0.29) is 0 Å². The van der Waals surface area contributed by atoms with E-state index in [0.717, 1.165) is 5.56 Å². The van der Waals surface area contributed by atoms with Gasteiger partial charge in [0.1, 0.15) is 11.6 Å². The van der Waals surface area contributed by atoms with Crippen LogP contribution in [0.1, 0.15) is 25.2 Å². The minimum Gasteiger partial charge on any atom is -0.479 e. The topological polar surface area (TPSA) is 92.4 Å². The van der Waals surface area contributed by atoms with Crippen molar-refractivity contribution in [2.24, 2.45) is 7.05 Å². The van der Waals surface area contributed by atoms with Crippen molar-refractivity contribution in [1.82, 2.24) is 24.7 Å². The van der Waals surface area contributed by atoms with Crippen LogP contribution in [0.4, 0.5) is 0 Å². The van der Waals surface area contributed by atoms with Crippen LogP contribution in [-0.4, -0.2) is 24.7 Å². The molecule has 2 aromatic carbocycles. The van der Waals surface area contributed by atoms with E-state index in [0.29, 0.717) is 44.4 Å². The van der Waals surface area contributed by atoms with Gasteiger partial charge >= 0.3 is 0 Å². The Bertz CT molecular complexity index is 1290. The van der Waals surface area contributed by atoms with E-state index < -0.39 is 5.60 Å². The van der Waals surface area contributed by atoms with Crippen molar-refractivity contribution in [3.8, 4) is 34.6 Å². The summed E-state index contributed by atoms with van der Waals surface area (Å²) in [5.41, 5.74) is 1.06. The number of nitrogens with one attached hydrogen (secondary N) is 1. The second-order valence-corrected chi connectivity index (χ2v) is 8.25. The average molecular weight is 453 g/mol. The number of aromatic nitrogens is 5. The van der Waals surface area contributed by atoms with Crippen LogP contribution in [0.3, 0.4) is 0 Å². The fraction of sp³-hybridized carbons (Fsp3) is 0.182. The molecule has 0 radical (unpaired) electrons. The first kappa shape index (κ1) is 20.9. The van der Waals surface area contributed by atoms with Crippen LogP contribution in [-0.2, 0) is 12.6 Å². The molecule has 0 unspecified atom stereocenters. The molecule has 0 spiro atoms. The molecule has 0 saturated heterocycles. The smallest absolute Gasteiger partial charge is 0.176 e. The Balaban J connectivity index is 1.71. The first-order valence-electron chi connectivity index (χ1n) is 9.38. The van der Waals surface area contributed by atoms with Crippen molar-refractivity contribution < 1.29 is 4.74 Å². The van der Waals surface area contributed by atoms with Crippen LogP contribution >= 0.6 is 23.2 Å². The van der Waals surface area contributed by atoms with E-state index in [1.807, 2.05) is 25.5 Å². The van der Waals surface area contributed by atoms with Crippen molar-refractivity contribution in [3.05, 3.63) is 70.2 Å². The van der Waals surface area contributed by atoms with Gasteiger partial charge in [-0.1, -0.05) is 23.2 Å². The first-order chi connectivity index (χ1) is 14.8. The fourth-order valence-corrected chi connectivity index (χ4v) is 3.80. The van der Waals surface area contributed by atoms with Crippen LogP contribution in [0.15, 0.2) is 48.8 Å². The largest absolute Gasteiger partial charge is 0.479 e. The molecule has 0 aliphatic heterocycles. The maximum Gasteiger partial charge on any atom is 0.176 e. The maximum atomic E-state index is 9.06. The molecule has 0 amide bonds. The lowest BCUT2D eigenvalue weighted by molar-refractivity contribution is 0.0957. The predicted octanol–water partition coefficient (Wildman–Crippen LogP) is 5.36. The molecule has 0 saturated carbocycles. The second kappa shape index (κ2) is 8.06. The highest BCUT2D eigenvalue weighted by Gasteiger charge is 2.31. The fourth-order valence-electron chi connectivity index (χ4n) is 3.36. The molecule has 4 aromatic rings. The number of aromatic amines is 1. The van der Waals surface area contributed by atoms with E-state index in [9.17, 15) is 0 Å². The summed E-state index contributed by atoms with van der Waals surface area (Å²) in [4.78, 5) is 7.39. The number of nitrogens with zero attached hydrogens (tertiary/aromatic N) is 5. The maximum absolute atomic E-state index is 9.06. The quantitative estimate of drug-likeness (QED) is 0.439. The van der Waals surface area contributed by atoms with Crippen LogP contribution in [0.5, 0.6) is 5.75 Å². The minimum absolute atomic E-state index is 0.428. The van der Waals surface area contributed by atoms with Crippen molar-refractivity contribution in [3.63, 3.8) is 0 Å². The van der Waals surface area contributed by atoms with Crippen molar-refractivity contribution in [2.75, 3.05) is 0 Å². The summed E-state index contributed by atoms with van der Waals surface area (Å²) < 4.78 is 8.21. The number of hydrogen-bond donors (Lipinski definition) is 1. The van der Waals surface area contributed by atoms with Gasteiger partial charge in [-0.3, -0.25) is 0 Å². The number of hydrogen-bond acceptors (Lipinski definition) is 5. The number of nitriles is 1. The summed E-state index contributed by atoms with van der Waals surface area (Å²) in [5, 5.41) is 18.8. The lowest BCUT2D eigenvalue weighted by Gasteiger charge is -2.26. The van der Waals surface area contributed by atoms with Gasteiger partial charge in [-0.25, -0.2) is 4.98 Å². The molecular weight excluding hydrogens is 435 g/mol. The summed E-state index contributed by atoms with van der Waals surface area (Å²) in [6.07, 6.45) is 3.41. The standard InChI is InChI=1S/C22H18Cl2N6O/c1-22(2,31-18-7-5-14(23)11-16(18)19-26-8-9-27-19)21-29-28-20(30(21)3)15-6-4-13(12-25)10-17(15)24/h4-11H,1-3H3,(H,26,27). The van der Waals surface area contributed by atoms with E-state index in [1.54, 1.807) is 48.8 Å². The number of imidazole rings is 1. The summed E-state index contributed by atoms with van der Waals surface area (Å²) >= 11 is 12.6. The highest BCUT2D eigenvalue weighted by molar-refractivity contribution is 6.33. The van der Waals surface area contributed by atoms with Gasteiger partial charge in [0.15, 0.2) is 17.2 Å². The molecule has 4 rings (SSSR count). The van der Waals surface area contributed by atoms with Gasteiger partial charge in [-0.05, 0) is 50.2 Å². The molecule has 31 heavy (non-hydrogen) atoms. The third-order valence-corrected chi connectivity index (χ3v) is 5.36. The molecule has 156 valence electrons. The third kappa shape index (κ3) is 4.00. The molecular formula is C22H18Cl2N6O. The lowest BCUT2D eigenvalue weighted by Crippen LogP contribution is -2.29. The number of halogens is 2. The Kier molecular flexibility index (Phi) is 5.44. The molecule has 1 N–H and O–H groups in total. The molecule has 0 aliphatic carbocycles. The van der Waals surface area contributed by atoms with Gasteiger partial charge in [-0.15, -0.1) is 10.2 Å². The van der Waals surface area contributed by atoms with E-state index >= 15 is 0 Å². The lowest BCUT2D eigenvalue weighted by atomic mass is 10.1. The third-order valence-electron chi connectivity index (χ3n) is 4.81. The van der Waals surface area contributed by atoms with Crippen LogP contribution < -0.4 is 4.74 Å². The molecule has 0 bridgehead atoms. The SMILES string of the molecule is Cn1c(-c2ccc(C#N)cc2Cl)nnc1C(C)(C)Oc1ccc(Cl)cc1-c1ncc[nH]1. The molecule has 7 nitrogen and oxygen atoms in total. The molecule has 0 aliphatic rings. The Hall–Kier alpha value is -3.34. The highest BCUT2D eigenvalue weighted by Crippen LogP contribution is 2.36. The monoisotopic (exact) mass is 452 g/mol. The normalized spacial score (nSPS) is 11.4. The Labute approximate surface area is 189 Å². The zero-order valence-electron chi connectivity index (χ0n) is 17.0. The zero-order chi connectivity index (χ0) is 22.2. The molecule has 2 aromatic heterocycles. The Morgan fingerprint density at radius 1 is 1.10 bits per heavy atom. The average Bonchev–Trinajstić information content (AvgIpc) is 3.39. The van der Waals surface area contributed by atoms with Gasteiger partial charge in [0.05, 0.1) is 22.2 Å². The molecule has 0 fully saturated rings. The highest BCUT2D eigenvalue weighted by atomic mass is 35.5. The Morgan fingerprint density at radius 2 is 1.90 bits per heavy atom. The molecule has 0 atom stereocenters. The van der Waals surface area contributed by atoms with Crippen LogP contribution in [0.25, 0.3) is 22.8 Å². The van der Waals surface area contributed by atoms with Gasteiger partial charge in [0.2, 0.25) is 0 Å². The summed E-state index contributed by atoms with van der Waals surface area (Å²) in [5.74, 6) is 2.42.